The fraction of sp³-hybridized carbons (Fsp3) is 0.400. The van der Waals surface area contributed by atoms with Crippen LogP contribution < -0.4 is 0 Å². The Hall–Kier alpha value is -0.0900. The summed E-state index contributed by atoms with van der Waals surface area (Å²) in [6.45, 7) is 3.32. The Kier molecular flexibility index (Phi) is 4.84. The second-order valence-corrected chi connectivity index (χ2v) is 1.22. The second-order valence-electron chi connectivity index (χ2n) is 0.808. The molecule has 0 unspecified atom stereocenters. The van der Waals surface area contributed by atoms with Crippen LogP contribution in [0.2, 0.25) is 0 Å². The van der Waals surface area contributed by atoms with Gasteiger partial charge in [-0.05, 0) is 0 Å². The van der Waals surface area contributed by atoms with Gasteiger partial charge in [-0.2, -0.15) is 0 Å². The van der Waals surface area contributed by atoms with Crippen molar-refractivity contribution >= 4 is 12.6 Å². The average Bonchev–Trinajstić information content (AvgIpc) is 1.61. The Bertz CT molecular complexity index is 65.7. The molecular weight excluding hydrogens is 92.1 g/mol. The van der Waals surface area contributed by atoms with E-state index in [0.29, 0.717) is 0 Å². The third kappa shape index (κ3) is 3.91. The van der Waals surface area contributed by atoms with Gasteiger partial charge in [0.2, 0.25) is 0 Å². The zero-order valence-corrected chi connectivity index (χ0v) is 4.35. The van der Waals surface area contributed by atoms with Crippen LogP contribution in [0.5, 0.6) is 0 Å². The van der Waals surface area contributed by atoms with E-state index in [-0.39, 0.29) is 0 Å². The third-order valence-corrected chi connectivity index (χ3v) is 0.556. The smallest absolute Gasteiger partial charge is 0.0198 e. The average molecular weight is 98.2 g/mol. The molecule has 0 fully saturated rings. The molecule has 32 valence electrons. The van der Waals surface area contributed by atoms with Crippen LogP contribution in [0, 0.1) is 18.8 Å². The monoisotopic (exact) mass is 98.0 g/mol. The predicted octanol–water partition coefficient (Wildman–Crippen LogP) is 1.41. The van der Waals surface area contributed by atoms with Gasteiger partial charge in [0.25, 0.3) is 0 Å². The van der Waals surface area contributed by atoms with Crippen LogP contribution in [0.4, 0.5) is 0 Å². The van der Waals surface area contributed by atoms with E-state index < -0.39 is 0 Å². The van der Waals surface area contributed by atoms with E-state index >= 15 is 0 Å². The van der Waals surface area contributed by atoms with Crippen LogP contribution in [-0.2, 0) is 0 Å². The van der Waals surface area contributed by atoms with Crippen molar-refractivity contribution in [2.24, 2.45) is 0 Å². The largest absolute Gasteiger partial charge is 0.102 e. The highest BCUT2D eigenvalue weighted by Crippen LogP contribution is 1.76. The molecule has 0 aliphatic rings. The van der Waals surface area contributed by atoms with Crippen LogP contribution in [0.3, 0.4) is 0 Å². The molecular formula is C5H6S. The van der Waals surface area contributed by atoms with Crippen molar-refractivity contribution in [2.45, 2.75) is 6.42 Å². The first kappa shape index (κ1) is 5.91. The molecule has 0 heterocycles. The highest BCUT2D eigenvalue weighted by Gasteiger charge is 1.65. The molecule has 6 heavy (non-hydrogen) atoms. The fourth-order valence-corrected chi connectivity index (χ4v) is 0.241. The van der Waals surface area contributed by atoms with Gasteiger partial charge in [0.05, 0.1) is 0 Å². The molecule has 1 heteroatoms. The molecule has 0 aromatic rings. The van der Waals surface area contributed by atoms with Gasteiger partial charge in [0.15, 0.2) is 0 Å². The number of hydrogen-bond acceptors (Lipinski definition) is 0. The van der Waals surface area contributed by atoms with Crippen LogP contribution in [-0.4, -0.2) is 5.75 Å². The Balaban J connectivity index is 2.79. The summed E-state index contributed by atoms with van der Waals surface area (Å²) in [7, 11) is 0. The minimum Gasteiger partial charge on any atom is -0.102 e. The van der Waals surface area contributed by atoms with E-state index in [2.05, 4.69) is 31.4 Å². The maximum atomic E-state index is 4.59. The summed E-state index contributed by atoms with van der Waals surface area (Å²) in [6, 6.07) is 0. The van der Waals surface area contributed by atoms with Crippen molar-refractivity contribution in [3.63, 3.8) is 0 Å². The summed E-state index contributed by atoms with van der Waals surface area (Å²) >= 11 is 4.59. The Labute approximate surface area is 44.4 Å². The lowest BCUT2D eigenvalue weighted by molar-refractivity contribution is 1.31. The van der Waals surface area contributed by atoms with Gasteiger partial charge in [-0.15, -0.1) is 11.8 Å². The maximum Gasteiger partial charge on any atom is 0.0198 e. The highest BCUT2D eigenvalue weighted by atomic mass is 32.1. The summed E-state index contributed by atoms with van der Waals surface area (Å²) < 4.78 is 0. The van der Waals surface area contributed by atoms with Crippen molar-refractivity contribution in [1.29, 1.82) is 0 Å². The van der Waals surface area contributed by atoms with Gasteiger partial charge in [0, 0.05) is 19.1 Å². The topological polar surface area (TPSA) is 0 Å². The fourth-order valence-electron chi connectivity index (χ4n) is 0.139. The lowest BCUT2D eigenvalue weighted by atomic mass is 10.5. The molecule has 0 aliphatic heterocycles. The lowest BCUT2D eigenvalue weighted by Crippen LogP contribution is -1.63. The molecule has 0 aromatic carbocycles. The van der Waals surface area contributed by atoms with Gasteiger partial charge >= 0.3 is 0 Å². The first-order valence-corrected chi connectivity index (χ1v) is 2.32. The van der Waals surface area contributed by atoms with Crippen molar-refractivity contribution in [1.82, 2.24) is 0 Å². The summed E-state index contributed by atoms with van der Waals surface area (Å²) in [5.41, 5.74) is 0. The first-order valence-electron chi connectivity index (χ1n) is 1.75. The van der Waals surface area contributed by atoms with Gasteiger partial charge in [0.1, 0.15) is 0 Å². The molecule has 0 bridgehead atoms. The number of rotatable bonds is 1. The normalized spacial score (nSPS) is 6.33. The quantitative estimate of drug-likeness (QED) is 0.435. The van der Waals surface area contributed by atoms with Gasteiger partial charge in [-0.3, -0.25) is 0 Å². The standard InChI is InChI=1S/C5H6S/c1-2-3-4-5-6/h1,4-5H2. The molecule has 0 N–H and O–H groups in total. The Morgan fingerprint density at radius 1 is 1.67 bits per heavy atom. The summed E-state index contributed by atoms with van der Waals surface area (Å²) in [4.78, 5) is 0. The summed E-state index contributed by atoms with van der Waals surface area (Å²) in [5, 5.41) is 0. The second kappa shape index (κ2) is 4.91. The summed E-state index contributed by atoms with van der Waals surface area (Å²) in [6.07, 6.45) is 0.804. The van der Waals surface area contributed by atoms with Crippen LogP contribution >= 0.6 is 12.6 Å². The SMILES string of the molecule is [CH2]C#CCC[S]. The molecule has 0 nitrogen and oxygen atoms in total. The van der Waals surface area contributed by atoms with Crippen molar-refractivity contribution in [3.05, 3.63) is 6.92 Å². The van der Waals surface area contributed by atoms with E-state index in [1.54, 1.807) is 0 Å². The maximum absolute atomic E-state index is 4.59. The van der Waals surface area contributed by atoms with E-state index in [1.165, 1.54) is 0 Å². The Morgan fingerprint density at radius 2 is 2.33 bits per heavy atom. The molecule has 0 rings (SSSR count). The zero-order chi connectivity index (χ0) is 4.83. The minimum atomic E-state index is 0.725. The van der Waals surface area contributed by atoms with Crippen LogP contribution in [0.25, 0.3) is 0 Å². The molecule has 0 amide bonds. The van der Waals surface area contributed by atoms with E-state index in [4.69, 9.17) is 0 Å². The van der Waals surface area contributed by atoms with Gasteiger partial charge in [-0.1, -0.05) is 12.6 Å². The molecule has 0 spiro atoms. The summed E-state index contributed by atoms with van der Waals surface area (Å²) in [5.74, 6) is 5.96. The first-order chi connectivity index (χ1) is 2.91. The van der Waals surface area contributed by atoms with Gasteiger partial charge in [-0.25, -0.2) is 0 Å². The van der Waals surface area contributed by atoms with Gasteiger partial charge < -0.3 is 0 Å². The molecule has 2 radical (unpaired) electrons. The third-order valence-electron chi connectivity index (χ3n) is 0.352. The van der Waals surface area contributed by atoms with Crippen LogP contribution in [0.15, 0.2) is 0 Å². The van der Waals surface area contributed by atoms with Crippen molar-refractivity contribution in [2.75, 3.05) is 5.75 Å². The van der Waals surface area contributed by atoms with E-state index in [0.717, 1.165) is 12.2 Å². The number of hydrogen-bond donors (Lipinski definition) is 0. The molecule has 0 aromatic heterocycles. The molecule has 0 atom stereocenters. The lowest BCUT2D eigenvalue weighted by Gasteiger charge is -1.69. The molecule has 0 saturated heterocycles. The zero-order valence-electron chi connectivity index (χ0n) is 3.53. The molecule has 0 saturated carbocycles. The van der Waals surface area contributed by atoms with E-state index in [1.807, 2.05) is 0 Å². The Morgan fingerprint density at radius 3 is 2.50 bits per heavy atom. The van der Waals surface area contributed by atoms with Crippen molar-refractivity contribution < 1.29 is 0 Å². The highest BCUT2D eigenvalue weighted by molar-refractivity contribution is 7.80. The van der Waals surface area contributed by atoms with Crippen LogP contribution in [0.1, 0.15) is 6.42 Å². The predicted molar refractivity (Wildman–Crippen MR) is 30.2 cm³/mol. The van der Waals surface area contributed by atoms with Crippen molar-refractivity contribution in [3.8, 4) is 11.8 Å². The molecule has 0 aliphatic carbocycles. The minimum absolute atomic E-state index is 0.725. The van der Waals surface area contributed by atoms with E-state index in [9.17, 15) is 0 Å².